The van der Waals surface area contributed by atoms with Gasteiger partial charge in [0.2, 0.25) is 0 Å². The molecule has 2 atom stereocenters. The molecule has 1 aliphatic rings. The Morgan fingerprint density at radius 2 is 2.31 bits per heavy atom. The molecule has 4 heteroatoms. The predicted octanol–water partition coefficient (Wildman–Crippen LogP) is 2.42. The number of aromatic nitrogens is 1. The summed E-state index contributed by atoms with van der Waals surface area (Å²) < 4.78 is 5.62. The van der Waals surface area contributed by atoms with Gasteiger partial charge in [0.25, 0.3) is 0 Å². The zero-order chi connectivity index (χ0) is 11.8. The average Bonchev–Trinajstić information content (AvgIpc) is 2.69. The maximum atomic E-state index is 5.62. The quantitative estimate of drug-likeness (QED) is 0.881. The molecule has 0 aliphatic carbocycles. The van der Waals surface area contributed by atoms with Crippen molar-refractivity contribution in [1.29, 1.82) is 0 Å². The second kappa shape index (κ2) is 4.43. The first-order valence-electron chi connectivity index (χ1n) is 5.81. The Morgan fingerprint density at radius 3 is 2.81 bits per heavy atom. The standard InChI is InChI=1S/C12H20N2OS/c1-8-11(16-10(3)14-8)7-13-12(4)5-6-15-9(12)2/h9,13H,5-7H2,1-4H3. The van der Waals surface area contributed by atoms with Gasteiger partial charge in [0, 0.05) is 23.6 Å². The maximum Gasteiger partial charge on any atom is 0.0900 e. The molecule has 0 radical (unpaired) electrons. The van der Waals surface area contributed by atoms with Crippen molar-refractivity contribution in [3.05, 3.63) is 15.6 Å². The van der Waals surface area contributed by atoms with Gasteiger partial charge in [-0.1, -0.05) is 0 Å². The number of nitrogens with one attached hydrogen (secondary N) is 1. The number of hydrogen-bond donors (Lipinski definition) is 1. The van der Waals surface area contributed by atoms with Crippen LogP contribution in [0.3, 0.4) is 0 Å². The molecule has 0 amide bonds. The van der Waals surface area contributed by atoms with Crippen LogP contribution in [0.4, 0.5) is 0 Å². The maximum absolute atomic E-state index is 5.62. The Hall–Kier alpha value is -0.450. The molecule has 1 fully saturated rings. The van der Waals surface area contributed by atoms with Gasteiger partial charge in [-0.15, -0.1) is 11.3 Å². The van der Waals surface area contributed by atoms with Crippen LogP contribution in [0.5, 0.6) is 0 Å². The summed E-state index contributed by atoms with van der Waals surface area (Å²) in [5, 5.41) is 4.77. The van der Waals surface area contributed by atoms with E-state index in [-0.39, 0.29) is 5.54 Å². The Kier molecular flexibility index (Phi) is 3.33. The van der Waals surface area contributed by atoms with Crippen molar-refractivity contribution in [2.45, 2.75) is 52.3 Å². The molecule has 0 bridgehead atoms. The van der Waals surface area contributed by atoms with Gasteiger partial charge in [-0.3, -0.25) is 0 Å². The summed E-state index contributed by atoms with van der Waals surface area (Å²) in [4.78, 5) is 5.79. The number of thiazole rings is 1. The SMILES string of the molecule is Cc1nc(C)c(CNC2(C)CCOC2C)s1. The molecular formula is C12H20N2OS. The van der Waals surface area contributed by atoms with Crippen molar-refractivity contribution >= 4 is 11.3 Å². The second-order valence-electron chi connectivity index (χ2n) is 4.78. The highest BCUT2D eigenvalue weighted by Crippen LogP contribution is 2.26. The van der Waals surface area contributed by atoms with Crippen molar-refractivity contribution in [1.82, 2.24) is 10.3 Å². The minimum Gasteiger partial charge on any atom is -0.377 e. The number of ether oxygens (including phenoxy) is 1. The lowest BCUT2D eigenvalue weighted by Gasteiger charge is -2.28. The van der Waals surface area contributed by atoms with E-state index in [1.165, 1.54) is 4.88 Å². The van der Waals surface area contributed by atoms with Gasteiger partial charge in [0.15, 0.2) is 0 Å². The van der Waals surface area contributed by atoms with Crippen LogP contribution in [0.25, 0.3) is 0 Å². The molecule has 3 nitrogen and oxygen atoms in total. The summed E-state index contributed by atoms with van der Waals surface area (Å²) in [7, 11) is 0. The van der Waals surface area contributed by atoms with Crippen molar-refractivity contribution in [3.63, 3.8) is 0 Å². The summed E-state index contributed by atoms with van der Waals surface area (Å²) in [5.74, 6) is 0. The van der Waals surface area contributed by atoms with E-state index in [0.717, 1.165) is 30.3 Å². The molecule has 0 spiro atoms. The number of rotatable bonds is 3. The summed E-state index contributed by atoms with van der Waals surface area (Å²) in [6.45, 7) is 10.3. The average molecular weight is 240 g/mol. The molecule has 0 saturated carbocycles. The monoisotopic (exact) mass is 240 g/mol. The smallest absolute Gasteiger partial charge is 0.0900 e. The summed E-state index contributed by atoms with van der Waals surface area (Å²) in [6, 6.07) is 0. The normalized spacial score (nSPS) is 29.9. The van der Waals surface area contributed by atoms with Crippen LogP contribution < -0.4 is 5.32 Å². The van der Waals surface area contributed by atoms with E-state index < -0.39 is 0 Å². The molecule has 1 aromatic rings. The molecule has 1 N–H and O–H groups in total. The van der Waals surface area contributed by atoms with Crippen molar-refractivity contribution in [2.24, 2.45) is 0 Å². The summed E-state index contributed by atoms with van der Waals surface area (Å²) in [5.41, 5.74) is 1.27. The molecule has 90 valence electrons. The van der Waals surface area contributed by atoms with Gasteiger partial charge < -0.3 is 10.1 Å². The van der Waals surface area contributed by atoms with Crippen LogP contribution in [-0.2, 0) is 11.3 Å². The fraction of sp³-hybridized carbons (Fsp3) is 0.750. The number of nitrogens with zero attached hydrogens (tertiary/aromatic N) is 1. The molecule has 1 aromatic heterocycles. The molecular weight excluding hydrogens is 220 g/mol. The zero-order valence-electron chi connectivity index (χ0n) is 10.5. The summed E-state index contributed by atoms with van der Waals surface area (Å²) >= 11 is 1.78. The zero-order valence-corrected chi connectivity index (χ0v) is 11.3. The van der Waals surface area contributed by atoms with E-state index in [0.29, 0.717) is 6.10 Å². The lowest BCUT2D eigenvalue weighted by Crippen LogP contribution is -2.47. The Labute approximate surface area is 101 Å². The predicted molar refractivity (Wildman–Crippen MR) is 66.9 cm³/mol. The largest absolute Gasteiger partial charge is 0.377 e. The Balaban J connectivity index is 1.99. The highest BCUT2D eigenvalue weighted by Gasteiger charge is 2.36. The minimum atomic E-state index is 0.115. The first-order valence-corrected chi connectivity index (χ1v) is 6.62. The van der Waals surface area contributed by atoms with Gasteiger partial charge in [-0.05, 0) is 34.1 Å². The number of aryl methyl sites for hydroxylation is 2. The van der Waals surface area contributed by atoms with Crippen LogP contribution in [0.2, 0.25) is 0 Å². The van der Waals surface area contributed by atoms with E-state index in [4.69, 9.17) is 4.74 Å². The van der Waals surface area contributed by atoms with E-state index in [9.17, 15) is 0 Å². The molecule has 16 heavy (non-hydrogen) atoms. The fourth-order valence-corrected chi connectivity index (χ4v) is 2.96. The number of hydrogen-bond acceptors (Lipinski definition) is 4. The van der Waals surface area contributed by atoms with Gasteiger partial charge in [-0.25, -0.2) is 4.98 Å². The second-order valence-corrected chi connectivity index (χ2v) is 6.06. The van der Waals surface area contributed by atoms with E-state index >= 15 is 0 Å². The van der Waals surface area contributed by atoms with Gasteiger partial charge in [-0.2, -0.15) is 0 Å². The lowest BCUT2D eigenvalue weighted by atomic mass is 9.95. The molecule has 1 saturated heterocycles. The third-order valence-corrected chi connectivity index (χ3v) is 4.61. The highest BCUT2D eigenvalue weighted by molar-refractivity contribution is 7.11. The molecule has 1 aliphatic heterocycles. The molecule has 2 heterocycles. The van der Waals surface area contributed by atoms with Crippen LogP contribution in [0.15, 0.2) is 0 Å². The first-order chi connectivity index (χ1) is 7.51. The minimum absolute atomic E-state index is 0.115. The topological polar surface area (TPSA) is 34.2 Å². The van der Waals surface area contributed by atoms with Crippen LogP contribution >= 0.6 is 11.3 Å². The van der Waals surface area contributed by atoms with Crippen LogP contribution in [0.1, 0.15) is 35.8 Å². The Morgan fingerprint density at radius 1 is 1.56 bits per heavy atom. The van der Waals surface area contributed by atoms with E-state index in [1.807, 2.05) is 0 Å². The fourth-order valence-electron chi connectivity index (χ4n) is 2.09. The van der Waals surface area contributed by atoms with Crippen LogP contribution in [-0.4, -0.2) is 23.2 Å². The molecule has 2 rings (SSSR count). The van der Waals surface area contributed by atoms with Crippen LogP contribution in [0, 0.1) is 13.8 Å². The van der Waals surface area contributed by atoms with Crippen molar-refractivity contribution < 1.29 is 4.74 Å². The third kappa shape index (κ3) is 2.29. The van der Waals surface area contributed by atoms with E-state index in [2.05, 4.69) is 38.0 Å². The van der Waals surface area contributed by atoms with Gasteiger partial charge in [0.1, 0.15) is 0 Å². The lowest BCUT2D eigenvalue weighted by molar-refractivity contribution is 0.0882. The highest BCUT2D eigenvalue weighted by atomic mass is 32.1. The van der Waals surface area contributed by atoms with Crippen molar-refractivity contribution in [3.8, 4) is 0 Å². The first kappa shape index (κ1) is 12.0. The molecule has 2 unspecified atom stereocenters. The Bertz CT molecular complexity index is 377. The van der Waals surface area contributed by atoms with Gasteiger partial charge >= 0.3 is 0 Å². The van der Waals surface area contributed by atoms with Crippen molar-refractivity contribution in [2.75, 3.05) is 6.61 Å². The van der Waals surface area contributed by atoms with E-state index in [1.54, 1.807) is 11.3 Å². The third-order valence-electron chi connectivity index (χ3n) is 3.54. The van der Waals surface area contributed by atoms with Gasteiger partial charge in [0.05, 0.1) is 16.8 Å². The summed E-state index contributed by atoms with van der Waals surface area (Å²) in [6.07, 6.45) is 1.38. The molecule has 0 aromatic carbocycles.